The summed E-state index contributed by atoms with van der Waals surface area (Å²) in [5.41, 5.74) is 4.73. The fourth-order valence-corrected chi connectivity index (χ4v) is 6.21. The van der Waals surface area contributed by atoms with E-state index < -0.39 is 10.0 Å². The van der Waals surface area contributed by atoms with Gasteiger partial charge in [-0.05, 0) is 75.7 Å². The van der Waals surface area contributed by atoms with Gasteiger partial charge in [0.1, 0.15) is 0 Å². The highest BCUT2D eigenvalue weighted by Crippen LogP contribution is 2.33. The zero-order valence-corrected chi connectivity index (χ0v) is 25.1. The number of nitrogens with one attached hydrogen (secondary N) is 2. The van der Waals surface area contributed by atoms with Gasteiger partial charge in [-0.15, -0.1) is 0 Å². The van der Waals surface area contributed by atoms with Crippen molar-refractivity contribution in [3.63, 3.8) is 0 Å². The van der Waals surface area contributed by atoms with Crippen LogP contribution in [0.15, 0.2) is 113 Å². The van der Waals surface area contributed by atoms with Crippen LogP contribution in [0.1, 0.15) is 44.4 Å². The van der Waals surface area contributed by atoms with Crippen molar-refractivity contribution in [1.82, 2.24) is 9.88 Å². The van der Waals surface area contributed by atoms with Crippen molar-refractivity contribution in [3.05, 3.63) is 120 Å². The van der Waals surface area contributed by atoms with Crippen LogP contribution in [0.5, 0.6) is 5.88 Å². The Kier molecular flexibility index (Phi) is 8.47. The lowest BCUT2D eigenvalue weighted by Gasteiger charge is -2.30. The highest BCUT2D eigenvalue weighted by atomic mass is 32.2. The molecule has 1 heterocycles. The largest absolute Gasteiger partial charge is 0.494 e. The van der Waals surface area contributed by atoms with Gasteiger partial charge in [-0.2, -0.15) is 0 Å². The monoisotopic (exact) mass is 580 g/mol. The quantitative estimate of drug-likeness (QED) is 0.149. The molecule has 0 bridgehead atoms. The van der Waals surface area contributed by atoms with Crippen LogP contribution in [0, 0.1) is 0 Å². The highest BCUT2D eigenvalue weighted by Gasteiger charge is 2.22. The van der Waals surface area contributed by atoms with Gasteiger partial charge < -0.3 is 10.1 Å². The molecule has 0 saturated carbocycles. The van der Waals surface area contributed by atoms with Gasteiger partial charge in [-0.3, -0.25) is 9.62 Å². The molecule has 3 N–H and O–H groups in total. The number of aliphatic imine (C=N–C) groups is 1. The maximum atomic E-state index is 13.3. The number of para-hydroxylation sites is 1. The fourth-order valence-electron chi connectivity index (χ4n) is 5.12. The second kappa shape index (κ2) is 12.2. The van der Waals surface area contributed by atoms with Crippen molar-refractivity contribution in [2.75, 3.05) is 4.72 Å². The van der Waals surface area contributed by atoms with E-state index in [9.17, 15) is 13.5 Å². The van der Waals surface area contributed by atoms with Gasteiger partial charge in [-0.25, -0.2) is 13.4 Å². The molecule has 0 spiro atoms. The minimum atomic E-state index is -3.88. The molecule has 0 atom stereocenters. The number of aromatic amines is 1. The van der Waals surface area contributed by atoms with Gasteiger partial charge in [0.2, 0.25) is 0 Å². The van der Waals surface area contributed by atoms with E-state index in [0.717, 1.165) is 17.8 Å². The molecule has 0 saturated heterocycles. The lowest BCUT2D eigenvalue weighted by molar-refractivity contribution is 0.166. The molecule has 216 valence electrons. The van der Waals surface area contributed by atoms with Crippen LogP contribution >= 0.6 is 0 Å². The highest BCUT2D eigenvalue weighted by molar-refractivity contribution is 7.92. The van der Waals surface area contributed by atoms with Crippen molar-refractivity contribution in [2.45, 2.75) is 51.2 Å². The molecule has 7 nitrogen and oxygen atoms in total. The smallest absolute Gasteiger partial charge is 0.261 e. The first-order valence-corrected chi connectivity index (χ1v) is 15.5. The van der Waals surface area contributed by atoms with Crippen molar-refractivity contribution in [2.24, 2.45) is 4.99 Å². The zero-order chi connectivity index (χ0) is 29.9. The molecule has 4 aromatic carbocycles. The third kappa shape index (κ3) is 6.40. The van der Waals surface area contributed by atoms with Crippen LogP contribution in [0.3, 0.4) is 0 Å². The Balaban J connectivity index is 1.57. The van der Waals surface area contributed by atoms with Crippen molar-refractivity contribution in [3.8, 4) is 5.88 Å². The Morgan fingerprint density at radius 2 is 1.48 bits per heavy atom. The molecule has 5 aromatic rings. The number of H-pyrrole nitrogens is 1. The summed E-state index contributed by atoms with van der Waals surface area (Å²) in [4.78, 5) is 10.5. The summed E-state index contributed by atoms with van der Waals surface area (Å²) in [6, 6.07) is 32.0. The number of hydrogen-bond donors (Lipinski definition) is 3. The van der Waals surface area contributed by atoms with Gasteiger partial charge in [0.25, 0.3) is 10.0 Å². The first-order valence-electron chi connectivity index (χ1n) is 14.0. The summed E-state index contributed by atoms with van der Waals surface area (Å²) in [7, 11) is -3.88. The second-order valence-corrected chi connectivity index (χ2v) is 12.6. The normalized spacial score (nSPS) is 12.5. The predicted octanol–water partition coefficient (Wildman–Crippen LogP) is 7.46. The van der Waals surface area contributed by atoms with Crippen molar-refractivity contribution < 1.29 is 13.5 Å². The number of aromatic nitrogens is 1. The van der Waals surface area contributed by atoms with Crippen LogP contribution in [-0.4, -0.2) is 41.2 Å². The standard InChI is InChI=1S/C34H36N4O3S/c1-23(2)38(24(3)4)22-25-15-17-27(18-16-25)35-33(26-11-7-5-8-12-26)32-30-21-29(19-20-31(30)36-34(32)39)42(40,41)37-28-13-9-6-10-14-28/h5-21,23-24,36-37,39H,22H2,1-4H3. The van der Waals surface area contributed by atoms with Crippen LogP contribution in [0.2, 0.25) is 0 Å². The van der Waals surface area contributed by atoms with E-state index in [1.165, 1.54) is 11.6 Å². The summed E-state index contributed by atoms with van der Waals surface area (Å²) in [6.07, 6.45) is 0. The molecule has 0 aliphatic heterocycles. The molecule has 0 aliphatic rings. The number of hydrogen-bond acceptors (Lipinski definition) is 5. The molecule has 5 rings (SSSR count). The average molecular weight is 581 g/mol. The van der Waals surface area contributed by atoms with Gasteiger partial charge in [0.05, 0.1) is 21.9 Å². The number of fused-ring (bicyclic) bond motifs is 1. The third-order valence-electron chi connectivity index (χ3n) is 7.24. The van der Waals surface area contributed by atoms with Gasteiger partial charge >= 0.3 is 0 Å². The molecule has 0 fully saturated rings. The molecule has 1 aromatic heterocycles. The summed E-state index contributed by atoms with van der Waals surface area (Å²) in [5, 5.41) is 11.7. The minimum Gasteiger partial charge on any atom is -0.494 e. The average Bonchev–Trinajstić information content (AvgIpc) is 3.30. The first kappa shape index (κ1) is 29.1. The van der Waals surface area contributed by atoms with E-state index >= 15 is 0 Å². The third-order valence-corrected chi connectivity index (χ3v) is 8.62. The fraction of sp³-hybridized carbons (Fsp3) is 0.206. The number of anilines is 1. The number of rotatable bonds is 10. The van der Waals surface area contributed by atoms with E-state index in [-0.39, 0.29) is 10.8 Å². The Morgan fingerprint density at radius 1 is 0.857 bits per heavy atom. The summed E-state index contributed by atoms with van der Waals surface area (Å²) < 4.78 is 29.2. The molecule has 8 heteroatoms. The molecular weight excluding hydrogens is 544 g/mol. The number of aromatic hydroxyl groups is 1. The van der Waals surface area contributed by atoms with Crippen LogP contribution in [-0.2, 0) is 16.6 Å². The molecule has 0 aliphatic carbocycles. The van der Waals surface area contributed by atoms with Crippen molar-refractivity contribution in [1.29, 1.82) is 0 Å². The molecule has 0 unspecified atom stereocenters. The lowest BCUT2D eigenvalue weighted by atomic mass is 10.0. The summed E-state index contributed by atoms with van der Waals surface area (Å²) >= 11 is 0. The lowest BCUT2D eigenvalue weighted by Crippen LogP contribution is -2.36. The van der Waals surface area contributed by atoms with E-state index in [1.54, 1.807) is 36.4 Å². The Morgan fingerprint density at radius 3 is 2.10 bits per heavy atom. The van der Waals surface area contributed by atoms with Crippen molar-refractivity contribution >= 4 is 38.0 Å². The molecule has 0 radical (unpaired) electrons. The predicted molar refractivity (Wildman–Crippen MR) is 171 cm³/mol. The number of sulfonamides is 1. The Labute approximate surface area is 247 Å². The van der Waals surface area contributed by atoms with Gasteiger partial charge in [-0.1, -0.05) is 60.7 Å². The van der Waals surface area contributed by atoms with E-state index in [1.807, 2.05) is 48.5 Å². The second-order valence-electron chi connectivity index (χ2n) is 10.9. The maximum Gasteiger partial charge on any atom is 0.261 e. The zero-order valence-electron chi connectivity index (χ0n) is 24.2. The van der Waals surface area contributed by atoms with E-state index in [0.29, 0.717) is 39.9 Å². The molecular formula is C34H36N4O3S. The summed E-state index contributed by atoms with van der Waals surface area (Å²) in [5.74, 6) is -0.0840. The summed E-state index contributed by atoms with van der Waals surface area (Å²) in [6.45, 7) is 9.64. The topological polar surface area (TPSA) is 97.8 Å². The molecule has 0 amide bonds. The minimum absolute atomic E-state index is 0.0794. The molecule has 42 heavy (non-hydrogen) atoms. The van der Waals surface area contributed by atoms with Gasteiger partial charge in [0.15, 0.2) is 5.88 Å². The maximum absolute atomic E-state index is 13.3. The van der Waals surface area contributed by atoms with Gasteiger partial charge in [0, 0.05) is 40.8 Å². The van der Waals surface area contributed by atoms with Crippen LogP contribution in [0.4, 0.5) is 11.4 Å². The number of nitrogens with zero attached hydrogens (tertiary/aromatic N) is 2. The first-order chi connectivity index (χ1) is 20.1. The SMILES string of the molecule is CC(C)N(Cc1ccc(N=C(c2ccccc2)c2c(O)[nH]c3ccc(S(=O)(=O)Nc4ccccc4)cc23)cc1)C(C)C. The van der Waals surface area contributed by atoms with E-state index in [2.05, 4.69) is 54.4 Å². The Bertz CT molecular complexity index is 1790. The van der Waals surface area contributed by atoms with E-state index in [4.69, 9.17) is 4.99 Å². The number of benzene rings is 4. The van der Waals surface area contributed by atoms with Crippen LogP contribution in [0.25, 0.3) is 10.9 Å². The Hall–Kier alpha value is -4.40. The van der Waals surface area contributed by atoms with Crippen LogP contribution < -0.4 is 4.72 Å².